The van der Waals surface area contributed by atoms with Gasteiger partial charge in [0.1, 0.15) is 0 Å². The quantitative estimate of drug-likeness (QED) is 0.514. The van der Waals surface area contributed by atoms with E-state index in [1.165, 1.54) is 17.4 Å². The minimum atomic E-state index is -1.01. The van der Waals surface area contributed by atoms with Gasteiger partial charge in [0.15, 0.2) is 5.78 Å². The number of thiophene rings is 1. The van der Waals surface area contributed by atoms with Crippen molar-refractivity contribution in [1.29, 1.82) is 0 Å². The fourth-order valence-electron chi connectivity index (χ4n) is 2.57. The van der Waals surface area contributed by atoms with E-state index in [1.807, 2.05) is 54.6 Å². The molecule has 0 unspecified atom stereocenters. The number of carboxylic acids is 1. The van der Waals surface area contributed by atoms with Crippen LogP contribution in [0.15, 0.2) is 70.5 Å². The van der Waals surface area contributed by atoms with Crippen LogP contribution in [0.25, 0.3) is 17.2 Å². The number of rotatable bonds is 6. The van der Waals surface area contributed by atoms with Crippen LogP contribution in [-0.4, -0.2) is 16.9 Å². The van der Waals surface area contributed by atoms with Gasteiger partial charge in [-0.05, 0) is 34.7 Å². The minimum Gasteiger partial charge on any atom is -0.478 e. The highest BCUT2D eigenvalue weighted by molar-refractivity contribution is 9.10. The highest BCUT2D eigenvalue weighted by Gasteiger charge is 2.20. The van der Waals surface area contributed by atoms with Gasteiger partial charge in [-0.2, -0.15) is 0 Å². The average molecular weight is 427 g/mol. The Kier molecular flexibility index (Phi) is 5.81. The molecule has 3 aromatic rings. The van der Waals surface area contributed by atoms with Gasteiger partial charge in [-0.25, -0.2) is 4.79 Å². The lowest BCUT2D eigenvalue weighted by Gasteiger charge is -2.03. The molecule has 1 aromatic heterocycles. The second-order valence-corrected chi connectivity index (χ2v) is 7.53. The lowest BCUT2D eigenvalue weighted by molar-refractivity contribution is -0.113. The molecule has 0 aliphatic heterocycles. The van der Waals surface area contributed by atoms with Gasteiger partial charge in [0.2, 0.25) is 0 Å². The van der Waals surface area contributed by atoms with E-state index in [-0.39, 0.29) is 17.8 Å². The Labute approximate surface area is 163 Å². The standard InChI is InChI=1S/C21H15BrO3S/c22-16-9-7-15(8-10-16)18-13-26-19(20(18)21(24)25)12-17(23)11-6-14-4-2-1-3-5-14/h1-11,13H,12H2,(H,24,25)/b11-6+. The number of benzene rings is 2. The van der Waals surface area contributed by atoms with Gasteiger partial charge in [-0.1, -0.05) is 64.5 Å². The number of allylic oxidation sites excluding steroid dienone is 1. The van der Waals surface area contributed by atoms with Crippen molar-refractivity contribution in [2.75, 3.05) is 0 Å². The third kappa shape index (κ3) is 4.36. The molecular weight excluding hydrogens is 412 g/mol. The zero-order chi connectivity index (χ0) is 18.5. The Hall–Kier alpha value is -2.50. The third-order valence-corrected chi connectivity index (χ3v) is 5.35. The molecule has 0 radical (unpaired) electrons. The maximum absolute atomic E-state index is 12.3. The summed E-state index contributed by atoms with van der Waals surface area (Å²) in [5.74, 6) is -1.14. The Balaban J connectivity index is 1.84. The van der Waals surface area contributed by atoms with Gasteiger partial charge in [0.05, 0.1) is 5.56 Å². The molecule has 0 atom stereocenters. The molecular formula is C21H15BrO3S. The summed E-state index contributed by atoms with van der Waals surface area (Å²) < 4.78 is 0.926. The summed E-state index contributed by atoms with van der Waals surface area (Å²) in [6, 6.07) is 17.0. The molecule has 0 aliphatic rings. The van der Waals surface area contributed by atoms with Crippen LogP contribution in [0.3, 0.4) is 0 Å². The first kappa shape index (κ1) is 18.3. The summed E-state index contributed by atoms with van der Waals surface area (Å²) >= 11 is 4.68. The van der Waals surface area contributed by atoms with Crippen molar-refractivity contribution in [3.05, 3.63) is 86.5 Å². The predicted octanol–water partition coefficient (Wildman–Crippen LogP) is 5.70. The van der Waals surface area contributed by atoms with Crippen LogP contribution in [0, 0.1) is 0 Å². The summed E-state index contributed by atoms with van der Waals surface area (Å²) in [4.78, 5) is 24.6. The molecule has 26 heavy (non-hydrogen) atoms. The van der Waals surface area contributed by atoms with Crippen molar-refractivity contribution in [2.24, 2.45) is 0 Å². The Morgan fingerprint density at radius 1 is 1.04 bits per heavy atom. The van der Waals surface area contributed by atoms with Crippen LogP contribution in [0.5, 0.6) is 0 Å². The van der Waals surface area contributed by atoms with E-state index in [2.05, 4.69) is 15.9 Å². The van der Waals surface area contributed by atoms with Crippen LogP contribution in [0.1, 0.15) is 20.8 Å². The fourth-order valence-corrected chi connectivity index (χ4v) is 3.89. The molecule has 0 fully saturated rings. The van der Waals surface area contributed by atoms with Gasteiger partial charge < -0.3 is 5.11 Å². The summed E-state index contributed by atoms with van der Waals surface area (Å²) in [7, 11) is 0. The predicted molar refractivity (Wildman–Crippen MR) is 109 cm³/mol. The number of ketones is 1. The lowest BCUT2D eigenvalue weighted by atomic mass is 10.0. The number of hydrogen-bond donors (Lipinski definition) is 1. The van der Waals surface area contributed by atoms with Crippen molar-refractivity contribution >= 4 is 45.1 Å². The first-order valence-electron chi connectivity index (χ1n) is 7.90. The van der Waals surface area contributed by atoms with Crippen molar-refractivity contribution in [1.82, 2.24) is 0 Å². The van der Waals surface area contributed by atoms with Crippen molar-refractivity contribution in [2.45, 2.75) is 6.42 Å². The molecule has 0 bridgehead atoms. The smallest absolute Gasteiger partial charge is 0.337 e. The second kappa shape index (κ2) is 8.25. The average Bonchev–Trinajstić information content (AvgIpc) is 3.05. The summed E-state index contributed by atoms with van der Waals surface area (Å²) in [5, 5.41) is 11.4. The number of aromatic carboxylic acids is 1. The van der Waals surface area contributed by atoms with E-state index in [4.69, 9.17) is 0 Å². The summed E-state index contributed by atoms with van der Waals surface area (Å²) in [6.07, 6.45) is 3.32. The maximum Gasteiger partial charge on any atom is 0.337 e. The minimum absolute atomic E-state index is 0.0756. The van der Waals surface area contributed by atoms with E-state index in [1.54, 1.807) is 11.5 Å². The highest BCUT2D eigenvalue weighted by atomic mass is 79.9. The molecule has 0 amide bonds. The SMILES string of the molecule is O=C(/C=C/c1ccccc1)Cc1scc(-c2ccc(Br)cc2)c1C(=O)O. The molecule has 3 nitrogen and oxygen atoms in total. The Bertz CT molecular complexity index is 957. The maximum atomic E-state index is 12.3. The lowest BCUT2D eigenvalue weighted by Crippen LogP contribution is -2.05. The first-order chi connectivity index (χ1) is 12.5. The van der Waals surface area contributed by atoms with Crippen molar-refractivity contribution in [3.63, 3.8) is 0 Å². The van der Waals surface area contributed by atoms with E-state index in [9.17, 15) is 14.7 Å². The Morgan fingerprint density at radius 2 is 1.73 bits per heavy atom. The van der Waals surface area contributed by atoms with E-state index >= 15 is 0 Å². The number of carbonyl (C=O) groups excluding carboxylic acids is 1. The normalized spacial score (nSPS) is 11.0. The highest BCUT2D eigenvalue weighted by Crippen LogP contribution is 2.33. The molecule has 5 heteroatoms. The van der Waals surface area contributed by atoms with E-state index in [0.717, 1.165) is 15.6 Å². The summed E-state index contributed by atoms with van der Waals surface area (Å²) in [5.41, 5.74) is 2.60. The molecule has 1 N–H and O–H groups in total. The van der Waals surface area contributed by atoms with Crippen LogP contribution >= 0.6 is 27.3 Å². The van der Waals surface area contributed by atoms with Gasteiger partial charge in [-0.15, -0.1) is 11.3 Å². The molecule has 1 heterocycles. The van der Waals surface area contributed by atoms with E-state index < -0.39 is 5.97 Å². The molecule has 0 saturated carbocycles. The monoisotopic (exact) mass is 426 g/mol. The molecule has 3 rings (SSSR count). The van der Waals surface area contributed by atoms with E-state index in [0.29, 0.717) is 10.4 Å². The third-order valence-electron chi connectivity index (χ3n) is 3.83. The fraction of sp³-hybridized carbons (Fsp3) is 0.0476. The first-order valence-corrected chi connectivity index (χ1v) is 9.57. The van der Waals surface area contributed by atoms with Crippen molar-refractivity contribution < 1.29 is 14.7 Å². The van der Waals surface area contributed by atoms with Gasteiger partial charge in [0.25, 0.3) is 0 Å². The van der Waals surface area contributed by atoms with Crippen LogP contribution in [0.2, 0.25) is 0 Å². The van der Waals surface area contributed by atoms with Crippen LogP contribution in [0.4, 0.5) is 0 Å². The molecule has 0 spiro atoms. The van der Waals surface area contributed by atoms with Gasteiger partial charge >= 0.3 is 5.97 Å². The van der Waals surface area contributed by atoms with Crippen LogP contribution < -0.4 is 0 Å². The Morgan fingerprint density at radius 3 is 2.38 bits per heavy atom. The summed E-state index contributed by atoms with van der Waals surface area (Å²) in [6.45, 7) is 0. The molecule has 0 aliphatic carbocycles. The number of hydrogen-bond acceptors (Lipinski definition) is 3. The van der Waals surface area contributed by atoms with Gasteiger partial charge in [-0.3, -0.25) is 4.79 Å². The number of halogens is 1. The molecule has 130 valence electrons. The zero-order valence-corrected chi connectivity index (χ0v) is 16.1. The number of carboxylic acid groups (broad SMARTS) is 1. The largest absolute Gasteiger partial charge is 0.478 e. The number of carbonyl (C=O) groups is 2. The molecule has 2 aromatic carbocycles. The second-order valence-electron chi connectivity index (χ2n) is 5.65. The van der Waals surface area contributed by atoms with Crippen molar-refractivity contribution in [3.8, 4) is 11.1 Å². The van der Waals surface area contributed by atoms with Crippen LogP contribution in [-0.2, 0) is 11.2 Å². The topological polar surface area (TPSA) is 54.4 Å². The van der Waals surface area contributed by atoms with Gasteiger partial charge in [0, 0.05) is 21.3 Å². The zero-order valence-electron chi connectivity index (χ0n) is 13.7. The molecule has 0 saturated heterocycles.